The first kappa shape index (κ1) is 18.1. The van der Waals surface area contributed by atoms with E-state index in [0.29, 0.717) is 11.8 Å². The van der Waals surface area contributed by atoms with Gasteiger partial charge >= 0.3 is 5.97 Å². The van der Waals surface area contributed by atoms with E-state index in [9.17, 15) is 4.79 Å². The van der Waals surface area contributed by atoms with Crippen LogP contribution in [0.15, 0.2) is 0 Å². The van der Waals surface area contributed by atoms with Crippen molar-refractivity contribution in [3.63, 3.8) is 0 Å². The number of hydrogen-bond acceptors (Lipinski definition) is 4. The fourth-order valence-corrected chi connectivity index (χ4v) is 4.31. The summed E-state index contributed by atoms with van der Waals surface area (Å²) in [5.74, 6) is -1.01. The van der Waals surface area contributed by atoms with Crippen molar-refractivity contribution in [1.82, 2.24) is 15.0 Å². The third kappa shape index (κ3) is 3.83. The maximum absolute atomic E-state index is 11.1. The maximum Gasteiger partial charge on any atom is 0.358 e. The Morgan fingerprint density at radius 1 is 1.26 bits per heavy atom. The van der Waals surface area contributed by atoms with Crippen molar-refractivity contribution in [1.29, 1.82) is 0 Å². The van der Waals surface area contributed by atoms with Gasteiger partial charge in [-0.25, -0.2) is 9.48 Å². The SMILES string of the molecule is Cc1c(C(=O)O)nnn1C1CCC(O[Si](C)(C)C(C)(C)C)CC1. The third-order valence-corrected chi connectivity index (χ3v) is 9.92. The summed E-state index contributed by atoms with van der Waals surface area (Å²) in [7, 11) is -1.73. The Kier molecular flexibility index (Phi) is 5.01. The molecule has 0 saturated heterocycles. The molecule has 1 heterocycles. The quantitative estimate of drug-likeness (QED) is 0.844. The molecule has 0 radical (unpaired) electrons. The number of rotatable bonds is 4. The van der Waals surface area contributed by atoms with Gasteiger partial charge in [0.2, 0.25) is 0 Å². The van der Waals surface area contributed by atoms with Crippen LogP contribution in [0.3, 0.4) is 0 Å². The fraction of sp³-hybridized carbons (Fsp3) is 0.812. The molecule has 1 aromatic rings. The number of carboxylic acid groups (broad SMARTS) is 1. The monoisotopic (exact) mass is 339 g/mol. The van der Waals surface area contributed by atoms with Crippen molar-refractivity contribution < 1.29 is 14.3 Å². The standard InChI is InChI=1S/C16H29N3O3Si/c1-11-14(15(20)21)17-18-19(11)12-7-9-13(10-8-12)22-23(5,6)16(2,3)4/h12-13H,7-10H2,1-6H3,(H,20,21). The molecule has 0 atom stereocenters. The molecule has 0 amide bonds. The summed E-state index contributed by atoms with van der Waals surface area (Å²) in [4.78, 5) is 11.1. The molecule has 1 aromatic heterocycles. The average Bonchev–Trinajstić information content (AvgIpc) is 2.80. The lowest BCUT2D eigenvalue weighted by Gasteiger charge is -2.41. The van der Waals surface area contributed by atoms with Crippen LogP contribution in [-0.4, -0.2) is 40.5 Å². The number of nitrogens with zero attached hydrogens (tertiary/aromatic N) is 3. The van der Waals surface area contributed by atoms with E-state index in [-0.39, 0.29) is 16.8 Å². The summed E-state index contributed by atoms with van der Waals surface area (Å²) in [6, 6.07) is 0.231. The van der Waals surface area contributed by atoms with Gasteiger partial charge in [0.1, 0.15) is 0 Å². The Bertz CT molecular complexity index is 570. The van der Waals surface area contributed by atoms with Crippen LogP contribution in [0.4, 0.5) is 0 Å². The lowest BCUT2D eigenvalue weighted by Crippen LogP contribution is -2.44. The van der Waals surface area contributed by atoms with Gasteiger partial charge in [-0.1, -0.05) is 26.0 Å². The number of aromatic nitrogens is 3. The molecular weight excluding hydrogens is 310 g/mol. The van der Waals surface area contributed by atoms with Crippen LogP contribution in [0.1, 0.15) is 68.7 Å². The Balaban J connectivity index is 1.98. The summed E-state index contributed by atoms with van der Waals surface area (Å²) in [5, 5.41) is 17.2. The number of carboxylic acids is 1. The van der Waals surface area contributed by atoms with Crippen molar-refractivity contribution in [3.05, 3.63) is 11.4 Å². The van der Waals surface area contributed by atoms with E-state index in [1.54, 1.807) is 11.6 Å². The summed E-state index contributed by atoms with van der Waals surface area (Å²) in [6.07, 6.45) is 4.23. The minimum absolute atomic E-state index is 0.0599. The largest absolute Gasteiger partial charge is 0.476 e. The molecule has 2 rings (SSSR count). The van der Waals surface area contributed by atoms with E-state index in [2.05, 4.69) is 44.2 Å². The van der Waals surface area contributed by atoms with Crippen LogP contribution in [-0.2, 0) is 4.43 Å². The van der Waals surface area contributed by atoms with E-state index >= 15 is 0 Å². The summed E-state index contributed by atoms with van der Waals surface area (Å²) < 4.78 is 8.28. The molecule has 130 valence electrons. The average molecular weight is 340 g/mol. The highest BCUT2D eigenvalue weighted by Gasteiger charge is 2.40. The van der Waals surface area contributed by atoms with Crippen molar-refractivity contribution >= 4 is 14.3 Å². The molecule has 1 aliphatic carbocycles. The van der Waals surface area contributed by atoms with Crippen LogP contribution >= 0.6 is 0 Å². The van der Waals surface area contributed by atoms with Crippen LogP contribution in [0.5, 0.6) is 0 Å². The minimum atomic E-state index is -1.73. The van der Waals surface area contributed by atoms with E-state index < -0.39 is 14.3 Å². The van der Waals surface area contributed by atoms with Crippen LogP contribution in [0.25, 0.3) is 0 Å². The van der Waals surface area contributed by atoms with E-state index in [4.69, 9.17) is 9.53 Å². The summed E-state index contributed by atoms with van der Waals surface area (Å²) >= 11 is 0. The molecule has 1 saturated carbocycles. The normalized spacial score (nSPS) is 23.0. The zero-order chi connectivity index (χ0) is 17.4. The molecule has 23 heavy (non-hydrogen) atoms. The van der Waals surface area contributed by atoms with Gasteiger partial charge in [0.15, 0.2) is 14.0 Å². The van der Waals surface area contributed by atoms with E-state index in [0.717, 1.165) is 25.7 Å². The molecule has 7 heteroatoms. The molecular formula is C16H29N3O3Si. The Hall–Kier alpha value is -1.21. The minimum Gasteiger partial charge on any atom is -0.476 e. The second kappa shape index (κ2) is 6.35. The highest BCUT2D eigenvalue weighted by molar-refractivity contribution is 6.74. The van der Waals surface area contributed by atoms with Gasteiger partial charge in [-0.05, 0) is 50.7 Å². The lowest BCUT2D eigenvalue weighted by molar-refractivity contribution is 0.0689. The van der Waals surface area contributed by atoms with Crippen molar-refractivity contribution in [3.8, 4) is 0 Å². The topological polar surface area (TPSA) is 77.2 Å². The summed E-state index contributed by atoms with van der Waals surface area (Å²) in [5.41, 5.74) is 0.705. The van der Waals surface area contributed by atoms with Crippen molar-refractivity contribution in [2.75, 3.05) is 0 Å². The first-order valence-electron chi connectivity index (χ1n) is 8.36. The molecule has 1 N–H and O–H groups in total. The molecule has 6 nitrogen and oxygen atoms in total. The maximum atomic E-state index is 11.1. The van der Waals surface area contributed by atoms with Crippen LogP contribution < -0.4 is 0 Å². The van der Waals surface area contributed by atoms with Crippen molar-refractivity contribution in [2.45, 2.75) is 83.7 Å². The molecule has 0 unspecified atom stereocenters. The second-order valence-corrected chi connectivity index (χ2v) is 12.8. The van der Waals surface area contributed by atoms with E-state index in [1.807, 2.05) is 0 Å². The highest BCUT2D eigenvalue weighted by atomic mass is 28.4. The fourth-order valence-electron chi connectivity index (χ4n) is 2.89. The molecule has 0 spiro atoms. The zero-order valence-corrected chi connectivity index (χ0v) is 16.1. The van der Waals surface area contributed by atoms with E-state index in [1.165, 1.54) is 0 Å². The molecule has 0 bridgehead atoms. The van der Waals surface area contributed by atoms with Crippen LogP contribution in [0, 0.1) is 6.92 Å². The van der Waals surface area contributed by atoms with Crippen LogP contribution in [0.2, 0.25) is 18.1 Å². The van der Waals surface area contributed by atoms with Gasteiger partial charge in [-0.15, -0.1) is 5.10 Å². The Morgan fingerprint density at radius 2 is 1.83 bits per heavy atom. The molecule has 1 aliphatic rings. The highest BCUT2D eigenvalue weighted by Crippen LogP contribution is 2.40. The smallest absolute Gasteiger partial charge is 0.358 e. The number of carbonyl (C=O) groups is 1. The van der Waals surface area contributed by atoms with Gasteiger partial charge in [0, 0.05) is 6.10 Å². The predicted octanol–water partition coefficient (Wildman–Crippen LogP) is 3.79. The Labute approximate surface area is 139 Å². The van der Waals surface area contributed by atoms with Gasteiger partial charge in [0.25, 0.3) is 0 Å². The first-order valence-corrected chi connectivity index (χ1v) is 11.3. The summed E-state index contributed by atoms with van der Waals surface area (Å²) in [6.45, 7) is 13.1. The van der Waals surface area contributed by atoms with Gasteiger partial charge < -0.3 is 9.53 Å². The predicted molar refractivity (Wildman–Crippen MR) is 91.3 cm³/mol. The first-order chi connectivity index (χ1) is 10.5. The number of hydrogen-bond donors (Lipinski definition) is 1. The van der Waals surface area contributed by atoms with Gasteiger partial charge in [-0.3, -0.25) is 0 Å². The third-order valence-electron chi connectivity index (χ3n) is 5.39. The number of aromatic carboxylic acids is 1. The zero-order valence-electron chi connectivity index (χ0n) is 15.1. The Morgan fingerprint density at radius 3 is 2.26 bits per heavy atom. The van der Waals surface area contributed by atoms with Crippen molar-refractivity contribution in [2.24, 2.45) is 0 Å². The lowest BCUT2D eigenvalue weighted by atomic mass is 9.93. The van der Waals surface area contributed by atoms with Gasteiger partial charge in [0.05, 0.1) is 11.7 Å². The van der Waals surface area contributed by atoms with Gasteiger partial charge in [-0.2, -0.15) is 0 Å². The molecule has 1 fully saturated rings. The second-order valence-electron chi connectivity index (χ2n) is 8.08. The molecule has 0 aromatic carbocycles. The molecule has 0 aliphatic heterocycles.